The standard InChI is InChI=1S/C35H52O6Si/c1-10-23-35(36)30(38-24-27-17-13-11-14-18-27)22-21-29(40-26-37-7)31(39-25-28-19-15-12-16-20-28)32(34(35,5)6)41-42(8,9)33(2,3)4/h10-22,29-32,36H,1,23-26H2,2-9H3/b22-21-. The first-order valence-corrected chi connectivity index (χ1v) is 17.8. The van der Waals surface area contributed by atoms with Gasteiger partial charge in [0, 0.05) is 12.5 Å². The van der Waals surface area contributed by atoms with Crippen LogP contribution in [0.4, 0.5) is 0 Å². The Hall–Kier alpha value is -2.10. The molecule has 232 valence electrons. The van der Waals surface area contributed by atoms with E-state index in [9.17, 15) is 5.11 Å². The van der Waals surface area contributed by atoms with Gasteiger partial charge in [-0.1, -0.05) is 114 Å². The van der Waals surface area contributed by atoms with Gasteiger partial charge in [0.1, 0.15) is 30.7 Å². The molecule has 0 saturated heterocycles. The molecular formula is C35H52O6Si. The molecule has 0 bridgehead atoms. The van der Waals surface area contributed by atoms with Gasteiger partial charge in [0.2, 0.25) is 0 Å². The molecule has 0 saturated carbocycles. The number of hydrogen-bond acceptors (Lipinski definition) is 6. The third-order valence-corrected chi connectivity index (χ3v) is 13.5. The molecule has 1 aliphatic rings. The largest absolute Gasteiger partial charge is 0.411 e. The second kappa shape index (κ2) is 14.6. The number of ether oxygens (including phenoxy) is 4. The smallest absolute Gasteiger partial charge is 0.192 e. The first-order chi connectivity index (χ1) is 19.8. The number of hydrogen-bond donors (Lipinski definition) is 1. The minimum absolute atomic E-state index is 0.0755. The van der Waals surface area contributed by atoms with Crippen LogP contribution >= 0.6 is 0 Å². The molecule has 0 aromatic heterocycles. The van der Waals surface area contributed by atoms with E-state index in [1.165, 1.54) is 0 Å². The van der Waals surface area contributed by atoms with Crippen LogP contribution < -0.4 is 0 Å². The average molecular weight is 597 g/mol. The summed E-state index contributed by atoms with van der Waals surface area (Å²) < 4.78 is 32.1. The second-order valence-corrected chi connectivity index (χ2v) is 18.1. The molecule has 3 rings (SSSR count). The fraction of sp³-hybridized carbons (Fsp3) is 0.543. The maximum atomic E-state index is 12.7. The molecule has 0 amide bonds. The molecule has 1 aliphatic carbocycles. The van der Waals surface area contributed by atoms with Gasteiger partial charge in [0.05, 0.1) is 19.3 Å². The summed E-state index contributed by atoms with van der Waals surface area (Å²) in [6, 6.07) is 20.1. The Kier molecular flexibility index (Phi) is 11.9. The zero-order valence-corrected chi connectivity index (χ0v) is 27.8. The van der Waals surface area contributed by atoms with E-state index in [1.807, 2.05) is 72.8 Å². The van der Waals surface area contributed by atoms with Gasteiger partial charge in [0.25, 0.3) is 0 Å². The lowest BCUT2D eigenvalue weighted by molar-refractivity contribution is -0.226. The highest BCUT2D eigenvalue weighted by Crippen LogP contribution is 2.49. The quantitative estimate of drug-likeness (QED) is 0.147. The molecule has 2 aromatic carbocycles. The van der Waals surface area contributed by atoms with Crippen molar-refractivity contribution in [2.24, 2.45) is 5.41 Å². The highest BCUT2D eigenvalue weighted by molar-refractivity contribution is 6.74. The first kappa shape index (κ1) is 34.4. The van der Waals surface area contributed by atoms with E-state index < -0.39 is 43.7 Å². The van der Waals surface area contributed by atoms with Gasteiger partial charge in [-0.25, -0.2) is 0 Å². The Morgan fingerprint density at radius 1 is 0.881 bits per heavy atom. The Bertz CT molecular complexity index is 1130. The van der Waals surface area contributed by atoms with Crippen LogP contribution in [0.2, 0.25) is 18.1 Å². The van der Waals surface area contributed by atoms with Crippen LogP contribution in [0.25, 0.3) is 0 Å². The summed E-state index contributed by atoms with van der Waals surface area (Å²) in [5.74, 6) is 0. The van der Waals surface area contributed by atoms with Gasteiger partial charge >= 0.3 is 0 Å². The lowest BCUT2D eigenvalue weighted by atomic mass is 9.63. The van der Waals surface area contributed by atoms with Crippen molar-refractivity contribution in [1.29, 1.82) is 0 Å². The molecule has 5 unspecified atom stereocenters. The highest BCUT2D eigenvalue weighted by Gasteiger charge is 2.59. The highest BCUT2D eigenvalue weighted by atomic mass is 28.4. The Morgan fingerprint density at radius 2 is 1.43 bits per heavy atom. The topological polar surface area (TPSA) is 66.4 Å². The van der Waals surface area contributed by atoms with Crippen molar-refractivity contribution in [2.45, 2.75) is 102 Å². The van der Waals surface area contributed by atoms with Crippen molar-refractivity contribution in [3.63, 3.8) is 0 Å². The van der Waals surface area contributed by atoms with E-state index in [4.69, 9.17) is 23.4 Å². The summed E-state index contributed by atoms with van der Waals surface area (Å²) in [6.07, 6.45) is 3.63. The molecular weight excluding hydrogens is 544 g/mol. The van der Waals surface area contributed by atoms with Gasteiger partial charge < -0.3 is 28.5 Å². The van der Waals surface area contributed by atoms with Gasteiger partial charge in [-0.05, 0) is 35.7 Å². The van der Waals surface area contributed by atoms with Gasteiger partial charge in [-0.2, -0.15) is 0 Å². The van der Waals surface area contributed by atoms with Gasteiger partial charge in [0.15, 0.2) is 8.32 Å². The summed E-state index contributed by atoms with van der Waals surface area (Å²) in [7, 11) is -0.772. The third kappa shape index (κ3) is 8.08. The van der Waals surface area contributed by atoms with Crippen molar-refractivity contribution in [2.75, 3.05) is 13.9 Å². The minimum Gasteiger partial charge on any atom is -0.411 e. The molecule has 6 nitrogen and oxygen atoms in total. The second-order valence-electron chi connectivity index (χ2n) is 13.3. The Morgan fingerprint density at radius 3 is 1.93 bits per heavy atom. The van der Waals surface area contributed by atoms with Crippen molar-refractivity contribution in [3.8, 4) is 0 Å². The van der Waals surface area contributed by atoms with Crippen molar-refractivity contribution in [1.82, 2.24) is 0 Å². The number of rotatable bonds is 13. The molecule has 1 N–H and O–H groups in total. The van der Waals surface area contributed by atoms with E-state index in [1.54, 1.807) is 13.2 Å². The fourth-order valence-corrected chi connectivity index (χ4v) is 6.60. The number of benzene rings is 2. The summed E-state index contributed by atoms with van der Waals surface area (Å²) in [4.78, 5) is 0. The molecule has 0 heterocycles. The van der Waals surface area contributed by atoms with E-state index in [2.05, 4.69) is 54.3 Å². The van der Waals surface area contributed by atoms with Crippen LogP contribution in [-0.2, 0) is 36.6 Å². The van der Waals surface area contributed by atoms with Crippen molar-refractivity contribution in [3.05, 3.63) is 96.6 Å². The summed E-state index contributed by atoms with van der Waals surface area (Å²) in [6.45, 7) is 20.0. The maximum absolute atomic E-state index is 12.7. The first-order valence-electron chi connectivity index (χ1n) is 14.9. The lowest BCUT2D eigenvalue weighted by Crippen LogP contribution is -2.66. The van der Waals surface area contributed by atoms with Crippen LogP contribution in [-0.4, -0.2) is 57.3 Å². The molecule has 0 spiro atoms. The average Bonchev–Trinajstić information content (AvgIpc) is 2.94. The molecule has 0 fully saturated rings. The normalized spacial score (nSPS) is 27.2. The predicted molar refractivity (Wildman–Crippen MR) is 172 cm³/mol. The molecule has 5 atom stereocenters. The Labute approximate surface area is 254 Å². The van der Waals surface area contributed by atoms with Crippen LogP contribution in [0.15, 0.2) is 85.5 Å². The van der Waals surface area contributed by atoms with Crippen LogP contribution in [0.5, 0.6) is 0 Å². The van der Waals surface area contributed by atoms with E-state index >= 15 is 0 Å². The summed E-state index contributed by atoms with van der Waals surface area (Å²) in [5, 5.41) is 12.7. The zero-order chi connectivity index (χ0) is 31.0. The predicted octanol–water partition coefficient (Wildman–Crippen LogP) is 7.44. The summed E-state index contributed by atoms with van der Waals surface area (Å²) >= 11 is 0. The lowest BCUT2D eigenvalue weighted by Gasteiger charge is -2.55. The fourth-order valence-electron chi connectivity index (χ4n) is 5.18. The molecule has 7 heteroatoms. The maximum Gasteiger partial charge on any atom is 0.192 e. The van der Waals surface area contributed by atoms with Crippen molar-refractivity contribution >= 4 is 8.32 Å². The molecule has 42 heavy (non-hydrogen) atoms. The number of aliphatic hydroxyl groups is 1. The van der Waals surface area contributed by atoms with E-state index in [0.717, 1.165) is 11.1 Å². The van der Waals surface area contributed by atoms with Gasteiger partial charge in [-0.3, -0.25) is 0 Å². The summed E-state index contributed by atoms with van der Waals surface area (Å²) in [5.41, 5.74) is -0.160. The molecule has 0 radical (unpaired) electrons. The molecule has 2 aromatic rings. The third-order valence-electron chi connectivity index (χ3n) is 9.01. The monoisotopic (exact) mass is 596 g/mol. The minimum atomic E-state index is -2.38. The van der Waals surface area contributed by atoms with Crippen LogP contribution in [0, 0.1) is 5.41 Å². The van der Waals surface area contributed by atoms with E-state index in [-0.39, 0.29) is 11.8 Å². The molecule has 0 aliphatic heterocycles. The van der Waals surface area contributed by atoms with Gasteiger partial charge in [-0.15, -0.1) is 6.58 Å². The zero-order valence-electron chi connectivity index (χ0n) is 26.8. The Balaban J connectivity index is 2.15. The van der Waals surface area contributed by atoms with Crippen LogP contribution in [0.3, 0.4) is 0 Å². The van der Waals surface area contributed by atoms with E-state index in [0.29, 0.717) is 19.6 Å². The van der Waals surface area contributed by atoms with Crippen molar-refractivity contribution < 1.29 is 28.5 Å². The number of methoxy groups -OCH3 is 1. The van der Waals surface area contributed by atoms with Crippen LogP contribution in [0.1, 0.15) is 52.2 Å². The SMILES string of the molecule is C=CCC1(O)C(OCc2ccccc2)/C=C\C(OCOC)C(OCc2ccccc2)C(O[Si](C)(C)C(C)(C)C)C1(C)C.